The molecule has 0 atom stereocenters. The molecule has 28 valence electrons. The molecule has 0 aromatic heterocycles. The van der Waals surface area contributed by atoms with Gasteiger partial charge in [0.1, 0.15) is 0 Å². The van der Waals surface area contributed by atoms with Crippen molar-refractivity contribution in [2.75, 3.05) is 0 Å². The van der Waals surface area contributed by atoms with E-state index in [0.29, 0.717) is 0 Å². The average molecular weight is 142 g/mol. The Morgan fingerprint density at radius 2 is 1.50 bits per heavy atom. The van der Waals surface area contributed by atoms with E-state index < -0.39 is 0 Å². The van der Waals surface area contributed by atoms with Gasteiger partial charge in [-0.05, 0) is 0 Å². The Balaban J connectivity index is -0.00000000167. The first-order valence-corrected chi connectivity index (χ1v) is 0.687. The van der Waals surface area contributed by atoms with Crippen LogP contribution < -0.4 is 0 Å². The monoisotopic (exact) mass is 142 g/mol. The van der Waals surface area contributed by atoms with Crippen LogP contribution in [0.1, 0.15) is 1.43 Å². The molecule has 0 aliphatic rings. The van der Waals surface area contributed by atoms with Crippen LogP contribution in [0, 0.1) is 0 Å². The summed E-state index contributed by atoms with van der Waals surface area (Å²) in [6, 6.07) is 0. The van der Waals surface area contributed by atoms with E-state index in [1.807, 2.05) is 0 Å². The minimum atomic E-state index is 0. The number of hydrogen-bond acceptors (Lipinski definition) is 2. The molecule has 0 rings (SSSR count). The van der Waals surface area contributed by atoms with Crippen LogP contribution in [-0.2, 0) is 37.1 Å². The van der Waals surface area contributed by atoms with Crippen LogP contribution >= 0.6 is 0 Å². The molecule has 0 aromatic rings. The van der Waals surface area contributed by atoms with Gasteiger partial charge in [0.2, 0.25) is 0 Å². The Morgan fingerprint density at radius 1 is 1.50 bits per heavy atom. The van der Waals surface area contributed by atoms with Gasteiger partial charge in [-0.3, -0.25) is 0 Å². The molecule has 0 heterocycles. The molecule has 0 fully saturated rings. The molecule has 4 heavy (non-hydrogen) atoms. The molecule has 0 aliphatic carbocycles. The van der Waals surface area contributed by atoms with Crippen molar-refractivity contribution in [3.63, 3.8) is 0 Å². The molecular weight excluding hydrogens is 140 g/mol. The fraction of sp³-hybridized carbons (Fsp3) is 0. The van der Waals surface area contributed by atoms with Gasteiger partial charge >= 0.3 is 21.5 Å². The van der Waals surface area contributed by atoms with E-state index in [4.69, 9.17) is 3.80 Å². The fourth-order valence-corrected chi connectivity index (χ4v) is 0. The first-order valence-electron chi connectivity index (χ1n) is 0.167. The SMILES string of the molecule is [Fe].[H+].[OH-].[O]=[Cr]. The zero-order chi connectivity index (χ0) is 2.00. The van der Waals surface area contributed by atoms with Crippen molar-refractivity contribution in [1.82, 2.24) is 0 Å². The van der Waals surface area contributed by atoms with E-state index >= 15 is 0 Å². The van der Waals surface area contributed by atoms with E-state index in [9.17, 15) is 0 Å². The van der Waals surface area contributed by atoms with Crippen LogP contribution in [0.5, 0.6) is 0 Å². The van der Waals surface area contributed by atoms with Gasteiger partial charge in [0, 0.05) is 17.1 Å². The van der Waals surface area contributed by atoms with Crippen LogP contribution in [0.3, 0.4) is 0 Å². The average Bonchev–Trinajstić information content (AvgIpc) is 1.00. The molecule has 0 saturated carbocycles. The zero-order valence-corrected chi connectivity index (χ0v) is 4.00. The zero-order valence-electron chi connectivity index (χ0n) is 2.62. The fourth-order valence-electron chi connectivity index (χ4n) is 0. The molecular formula is H2CrFeO2. The Kier molecular flexibility index (Phi) is 243. The summed E-state index contributed by atoms with van der Waals surface area (Å²) in [5.74, 6) is 0. The van der Waals surface area contributed by atoms with Gasteiger partial charge in [0.15, 0.2) is 0 Å². The third-order valence-electron chi connectivity index (χ3n) is 0. The molecule has 0 radical (unpaired) electrons. The molecule has 1 N–H and O–H groups in total. The summed E-state index contributed by atoms with van der Waals surface area (Å²) in [5.41, 5.74) is 0. The van der Waals surface area contributed by atoms with Gasteiger partial charge in [-0.1, -0.05) is 0 Å². The van der Waals surface area contributed by atoms with Crippen molar-refractivity contribution in [2.45, 2.75) is 0 Å². The van der Waals surface area contributed by atoms with Gasteiger partial charge in [-0.2, -0.15) is 0 Å². The first-order chi connectivity index (χ1) is 1.00. The maximum absolute atomic E-state index is 8.12. The van der Waals surface area contributed by atoms with E-state index in [0.717, 1.165) is 0 Å². The van der Waals surface area contributed by atoms with Crippen LogP contribution in [0.2, 0.25) is 0 Å². The third-order valence-corrected chi connectivity index (χ3v) is 0. The van der Waals surface area contributed by atoms with E-state index in [2.05, 4.69) is 0 Å². The van der Waals surface area contributed by atoms with Gasteiger partial charge in [-0.25, -0.2) is 0 Å². The number of rotatable bonds is 0. The van der Waals surface area contributed by atoms with Crippen molar-refractivity contribution < 1.29 is 44.0 Å². The van der Waals surface area contributed by atoms with Crippen LogP contribution in [0.25, 0.3) is 0 Å². The summed E-state index contributed by atoms with van der Waals surface area (Å²) >= 11 is 1.38. The first kappa shape index (κ1) is 21.3. The van der Waals surface area contributed by atoms with Crippen molar-refractivity contribution >= 4 is 0 Å². The maximum atomic E-state index is 8.12. The van der Waals surface area contributed by atoms with Crippen molar-refractivity contribution in [1.29, 1.82) is 0 Å². The molecule has 0 aliphatic heterocycles. The van der Waals surface area contributed by atoms with Crippen LogP contribution in [-0.4, -0.2) is 5.48 Å². The summed E-state index contributed by atoms with van der Waals surface area (Å²) in [6.07, 6.45) is 0. The summed E-state index contributed by atoms with van der Waals surface area (Å²) < 4.78 is 8.12. The molecule has 0 amide bonds. The molecule has 0 aromatic carbocycles. The van der Waals surface area contributed by atoms with E-state index in [1.54, 1.807) is 0 Å². The summed E-state index contributed by atoms with van der Waals surface area (Å²) in [4.78, 5) is 0. The van der Waals surface area contributed by atoms with Gasteiger partial charge in [-0.15, -0.1) is 0 Å². The molecule has 0 spiro atoms. The van der Waals surface area contributed by atoms with Gasteiger partial charge < -0.3 is 5.48 Å². The van der Waals surface area contributed by atoms with Crippen LogP contribution in [0.4, 0.5) is 0 Å². The standard InChI is InChI=1S/Cr.Fe.H2O.O/h;;1H2;. The van der Waals surface area contributed by atoms with E-state index in [1.165, 1.54) is 16.2 Å². The van der Waals surface area contributed by atoms with Crippen molar-refractivity contribution in [3.05, 3.63) is 0 Å². The number of hydrogen-bond donors (Lipinski definition) is 0. The molecule has 0 saturated heterocycles. The van der Waals surface area contributed by atoms with Gasteiger partial charge in [0.25, 0.3) is 0 Å². The Hall–Kier alpha value is 0.812. The Morgan fingerprint density at radius 3 is 1.50 bits per heavy atom. The third kappa shape index (κ3) is 14.0. The summed E-state index contributed by atoms with van der Waals surface area (Å²) in [7, 11) is 0. The topological polar surface area (TPSA) is 47.1 Å². The molecule has 0 bridgehead atoms. The minimum absolute atomic E-state index is 0. The molecule has 0 unspecified atom stereocenters. The predicted octanol–water partition coefficient (Wildman–Crippen LogP) is -0.188. The Labute approximate surface area is 44.5 Å². The second-order valence-electron chi connectivity index (χ2n) is 0. The Bertz CT molecular complexity index is 9.61. The second-order valence-corrected chi connectivity index (χ2v) is 0. The molecule has 4 heteroatoms. The normalized spacial score (nSPS) is 1.00. The van der Waals surface area contributed by atoms with Crippen LogP contribution in [0.15, 0.2) is 0 Å². The quantitative estimate of drug-likeness (QED) is 0.440. The van der Waals surface area contributed by atoms with E-state index in [-0.39, 0.29) is 24.0 Å². The summed E-state index contributed by atoms with van der Waals surface area (Å²) in [6.45, 7) is 0. The van der Waals surface area contributed by atoms with Crippen molar-refractivity contribution in [3.8, 4) is 0 Å². The van der Waals surface area contributed by atoms with Gasteiger partial charge in [0.05, 0.1) is 0 Å². The molecule has 2 nitrogen and oxygen atoms in total. The van der Waals surface area contributed by atoms with Crippen molar-refractivity contribution in [2.24, 2.45) is 0 Å². The summed E-state index contributed by atoms with van der Waals surface area (Å²) in [5, 5.41) is 0. The second kappa shape index (κ2) is 45.7. The predicted molar refractivity (Wildman–Crippen MR) is 3.73 cm³/mol.